The molecule has 0 radical (unpaired) electrons. The van der Waals surface area contributed by atoms with E-state index in [2.05, 4.69) is 24.1 Å². The minimum atomic E-state index is -0.446. The zero-order chi connectivity index (χ0) is 14.8. The molecule has 0 spiro atoms. The number of aryl methyl sites for hydroxylation is 1. The number of rotatable bonds is 1. The lowest BCUT2D eigenvalue weighted by Crippen LogP contribution is -2.39. The van der Waals surface area contributed by atoms with Crippen LogP contribution in [-0.2, 0) is 4.74 Å². The zero-order valence-electron chi connectivity index (χ0n) is 12.6. The summed E-state index contributed by atoms with van der Waals surface area (Å²) in [7, 11) is 0. The smallest absolute Gasteiger partial charge is 0.410 e. The average molecular weight is 274 g/mol. The normalized spacial score (nSPS) is 15.8. The summed E-state index contributed by atoms with van der Waals surface area (Å²) in [5.41, 5.74) is 2.97. The van der Waals surface area contributed by atoms with E-state index in [4.69, 9.17) is 4.74 Å². The zero-order valence-corrected chi connectivity index (χ0v) is 12.6. The Hall–Kier alpha value is -1.84. The van der Waals surface area contributed by atoms with Gasteiger partial charge in [0.15, 0.2) is 0 Å². The summed E-state index contributed by atoms with van der Waals surface area (Å²) in [6, 6.07) is 4.00. The average Bonchev–Trinajstić information content (AvgIpc) is 2.37. The van der Waals surface area contributed by atoms with E-state index in [1.54, 1.807) is 4.90 Å². The number of nitrogens with zero attached hydrogens (tertiary/aromatic N) is 2. The van der Waals surface area contributed by atoms with Gasteiger partial charge in [-0.15, -0.1) is 0 Å². The molecular formula is C16H22N2O2. The van der Waals surface area contributed by atoms with Crippen LogP contribution in [-0.4, -0.2) is 34.7 Å². The van der Waals surface area contributed by atoms with Crippen LogP contribution in [0.15, 0.2) is 24.4 Å². The van der Waals surface area contributed by atoms with Crippen LogP contribution in [0, 0.1) is 6.92 Å². The van der Waals surface area contributed by atoms with Crippen molar-refractivity contribution in [3.8, 4) is 0 Å². The lowest BCUT2D eigenvalue weighted by molar-refractivity contribution is 0.0270. The molecule has 1 aromatic rings. The quantitative estimate of drug-likeness (QED) is 0.788. The van der Waals surface area contributed by atoms with Crippen molar-refractivity contribution in [2.24, 2.45) is 0 Å². The van der Waals surface area contributed by atoms with E-state index in [1.165, 1.54) is 11.1 Å². The van der Waals surface area contributed by atoms with Crippen molar-refractivity contribution in [3.05, 3.63) is 35.7 Å². The van der Waals surface area contributed by atoms with E-state index in [0.717, 1.165) is 12.1 Å². The number of amides is 1. The molecule has 1 aliphatic heterocycles. The summed E-state index contributed by atoms with van der Waals surface area (Å²) < 4.78 is 5.38. The second-order valence-corrected chi connectivity index (χ2v) is 6.07. The van der Waals surface area contributed by atoms with Crippen molar-refractivity contribution < 1.29 is 9.53 Å². The Kier molecular flexibility index (Phi) is 4.12. The molecule has 0 bridgehead atoms. The van der Waals surface area contributed by atoms with Gasteiger partial charge in [0.2, 0.25) is 0 Å². The SMILES string of the molecule is Cc1cccnc1C1=CCN(C(=O)OC(C)(C)C)CC1. The fraction of sp³-hybridized carbons (Fsp3) is 0.500. The third-order valence-corrected chi connectivity index (χ3v) is 3.17. The topological polar surface area (TPSA) is 42.4 Å². The van der Waals surface area contributed by atoms with Crippen LogP contribution in [0.1, 0.15) is 38.4 Å². The van der Waals surface area contributed by atoms with Gasteiger partial charge in [0.1, 0.15) is 5.60 Å². The minimum absolute atomic E-state index is 0.245. The molecule has 0 unspecified atom stereocenters. The molecular weight excluding hydrogens is 252 g/mol. The van der Waals surface area contributed by atoms with Crippen molar-refractivity contribution in [1.82, 2.24) is 9.88 Å². The van der Waals surface area contributed by atoms with Crippen LogP contribution < -0.4 is 0 Å². The number of aromatic nitrogens is 1. The first kappa shape index (κ1) is 14.6. The van der Waals surface area contributed by atoms with Crippen LogP contribution >= 0.6 is 0 Å². The number of hydrogen-bond donors (Lipinski definition) is 0. The highest BCUT2D eigenvalue weighted by Gasteiger charge is 2.24. The molecule has 1 aromatic heterocycles. The first-order valence-corrected chi connectivity index (χ1v) is 6.96. The third kappa shape index (κ3) is 3.59. The Morgan fingerprint density at radius 2 is 2.15 bits per heavy atom. The molecule has 20 heavy (non-hydrogen) atoms. The van der Waals surface area contributed by atoms with Crippen LogP contribution in [0.25, 0.3) is 5.57 Å². The van der Waals surface area contributed by atoms with Crippen molar-refractivity contribution in [1.29, 1.82) is 0 Å². The van der Waals surface area contributed by atoms with E-state index in [0.29, 0.717) is 13.1 Å². The number of ether oxygens (including phenoxy) is 1. The van der Waals surface area contributed by atoms with E-state index in [-0.39, 0.29) is 6.09 Å². The Balaban J connectivity index is 2.04. The van der Waals surface area contributed by atoms with Gasteiger partial charge in [-0.25, -0.2) is 4.79 Å². The number of pyridine rings is 1. The summed E-state index contributed by atoms with van der Waals surface area (Å²) in [6.07, 6.45) is 4.45. The fourth-order valence-electron chi connectivity index (χ4n) is 2.20. The van der Waals surface area contributed by atoms with Gasteiger partial charge < -0.3 is 9.64 Å². The van der Waals surface area contributed by atoms with Gasteiger partial charge in [-0.1, -0.05) is 12.1 Å². The van der Waals surface area contributed by atoms with E-state index in [9.17, 15) is 4.79 Å². The fourth-order valence-corrected chi connectivity index (χ4v) is 2.20. The summed E-state index contributed by atoms with van der Waals surface area (Å²) in [6.45, 7) is 8.97. The molecule has 0 saturated heterocycles. The van der Waals surface area contributed by atoms with Crippen molar-refractivity contribution in [2.45, 2.75) is 39.7 Å². The molecule has 2 rings (SSSR count). The van der Waals surface area contributed by atoms with Crippen molar-refractivity contribution in [2.75, 3.05) is 13.1 Å². The number of carbonyl (C=O) groups excluding carboxylic acids is 1. The van der Waals surface area contributed by atoms with Crippen LogP contribution in [0.2, 0.25) is 0 Å². The molecule has 0 N–H and O–H groups in total. The van der Waals surface area contributed by atoms with E-state index < -0.39 is 5.60 Å². The van der Waals surface area contributed by atoms with Gasteiger partial charge in [0, 0.05) is 19.3 Å². The Morgan fingerprint density at radius 3 is 2.70 bits per heavy atom. The molecule has 0 fully saturated rings. The molecule has 108 valence electrons. The third-order valence-electron chi connectivity index (χ3n) is 3.17. The van der Waals surface area contributed by atoms with E-state index >= 15 is 0 Å². The van der Waals surface area contributed by atoms with Crippen LogP contribution in [0.4, 0.5) is 4.79 Å². The Bertz CT molecular complexity index is 530. The monoisotopic (exact) mass is 274 g/mol. The standard InChI is InChI=1S/C16H22N2O2/c1-12-6-5-9-17-14(12)13-7-10-18(11-8-13)15(19)20-16(2,3)4/h5-7,9H,8,10-11H2,1-4H3. The number of hydrogen-bond acceptors (Lipinski definition) is 3. The molecule has 0 aromatic carbocycles. The molecule has 1 amide bonds. The van der Waals surface area contributed by atoms with Crippen molar-refractivity contribution >= 4 is 11.7 Å². The molecule has 1 aliphatic rings. The highest BCUT2D eigenvalue weighted by Crippen LogP contribution is 2.23. The van der Waals surface area contributed by atoms with Gasteiger partial charge in [-0.3, -0.25) is 4.98 Å². The summed E-state index contributed by atoms with van der Waals surface area (Å²) in [5, 5.41) is 0. The lowest BCUT2D eigenvalue weighted by Gasteiger charge is -2.29. The molecule has 0 atom stereocenters. The van der Waals surface area contributed by atoms with Gasteiger partial charge in [0.05, 0.1) is 5.69 Å². The largest absolute Gasteiger partial charge is 0.444 e. The van der Waals surface area contributed by atoms with Gasteiger partial charge in [-0.2, -0.15) is 0 Å². The summed E-state index contributed by atoms with van der Waals surface area (Å²) in [5.74, 6) is 0. The molecule has 4 nitrogen and oxygen atoms in total. The summed E-state index contributed by atoms with van der Waals surface area (Å²) >= 11 is 0. The van der Waals surface area contributed by atoms with Crippen molar-refractivity contribution in [3.63, 3.8) is 0 Å². The minimum Gasteiger partial charge on any atom is -0.444 e. The molecule has 4 heteroatoms. The Labute approximate surface area is 120 Å². The maximum Gasteiger partial charge on any atom is 0.410 e. The predicted molar refractivity (Wildman–Crippen MR) is 79.4 cm³/mol. The second kappa shape index (κ2) is 5.65. The highest BCUT2D eigenvalue weighted by atomic mass is 16.6. The molecule has 0 saturated carbocycles. The van der Waals surface area contributed by atoms with Crippen LogP contribution in [0.3, 0.4) is 0 Å². The lowest BCUT2D eigenvalue weighted by atomic mass is 10.0. The highest BCUT2D eigenvalue weighted by molar-refractivity contribution is 5.72. The van der Waals surface area contributed by atoms with Gasteiger partial charge in [-0.05, 0) is 51.3 Å². The first-order valence-electron chi connectivity index (χ1n) is 6.96. The molecule has 2 heterocycles. The second-order valence-electron chi connectivity index (χ2n) is 6.07. The predicted octanol–water partition coefficient (Wildman–Crippen LogP) is 3.41. The van der Waals surface area contributed by atoms with Crippen LogP contribution in [0.5, 0.6) is 0 Å². The van der Waals surface area contributed by atoms with Gasteiger partial charge in [0.25, 0.3) is 0 Å². The first-order chi connectivity index (χ1) is 9.37. The maximum absolute atomic E-state index is 12.0. The maximum atomic E-state index is 12.0. The van der Waals surface area contributed by atoms with Gasteiger partial charge >= 0.3 is 6.09 Å². The van der Waals surface area contributed by atoms with E-state index in [1.807, 2.05) is 33.0 Å². The number of carbonyl (C=O) groups is 1. The molecule has 0 aliphatic carbocycles. The summed E-state index contributed by atoms with van der Waals surface area (Å²) in [4.78, 5) is 18.1. The Morgan fingerprint density at radius 1 is 1.40 bits per heavy atom.